The highest BCUT2D eigenvalue weighted by Gasteiger charge is 2.52. The van der Waals surface area contributed by atoms with Gasteiger partial charge in [0.15, 0.2) is 0 Å². The maximum absolute atomic E-state index is 4.12. The summed E-state index contributed by atoms with van der Waals surface area (Å²) in [4.78, 5) is 4.84. The maximum Gasteiger partial charge on any atom is 0.0462 e. The first kappa shape index (κ1) is 70.5. The van der Waals surface area contributed by atoms with Crippen molar-refractivity contribution in [1.82, 2.24) is 0 Å². The lowest BCUT2D eigenvalue weighted by molar-refractivity contribution is 0.389. The van der Waals surface area contributed by atoms with Crippen molar-refractivity contribution in [2.45, 2.75) is 61.7 Å². The van der Waals surface area contributed by atoms with E-state index in [4.69, 9.17) is 0 Å². The van der Waals surface area contributed by atoms with Crippen LogP contribution in [0.1, 0.15) is 109 Å². The van der Waals surface area contributed by atoms with Crippen molar-refractivity contribution in [3.05, 3.63) is 486 Å². The molecular formula is C110H90N2. The first-order valence-corrected chi connectivity index (χ1v) is 39.7. The highest BCUT2D eigenvalue weighted by Crippen LogP contribution is 2.60. The molecule has 112 heavy (non-hydrogen) atoms. The van der Waals surface area contributed by atoms with Gasteiger partial charge in [-0.2, -0.15) is 0 Å². The topological polar surface area (TPSA) is 6.48 Å². The van der Waals surface area contributed by atoms with Crippen molar-refractivity contribution >= 4 is 63.9 Å². The summed E-state index contributed by atoms with van der Waals surface area (Å²) in [5.41, 5.74) is 35.1. The lowest BCUT2D eigenvalue weighted by Gasteiger charge is -2.39. The quantitative estimate of drug-likeness (QED) is 0.0667. The molecule has 0 aromatic heterocycles. The summed E-state index contributed by atoms with van der Waals surface area (Å²) >= 11 is 0. The Balaban J connectivity index is 0.652. The summed E-state index contributed by atoms with van der Waals surface area (Å²) < 4.78 is 0. The zero-order valence-corrected chi connectivity index (χ0v) is 63.6. The van der Waals surface area contributed by atoms with E-state index in [0.717, 1.165) is 88.5 Å². The SMILES string of the molecule is C=Cc1ccc(CC2(Cc3ccc(C=C)cc3)C3=CCC(C)C=C3c3ccc(-c4ccc(N(c5ccc(-c6ccccc6)cc5)c5ccc(C6C=CC(N(c7ccc(C8=CC9C(C=C8)c8ccccc8C9(Cc8ccc(C=C)cc8)c8ccc(C=C)cc8)cc7)c7ccc(-c8ccccc8)cc7)=CC6)cc5)cc4)cc32)cc1. The van der Waals surface area contributed by atoms with Crippen molar-refractivity contribution in [3.8, 4) is 33.4 Å². The molecule has 2 heteroatoms. The number of hydrogen-bond donors (Lipinski definition) is 0. The van der Waals surface area contributed by atoms with Gasteiger partial charge in [-0.15, -0.1) is 0 Å². The predicted octanol–water partition coefficient (Wildman–Crippen LogP) is 28.5. The summed E-state index contributed by atoms with van der Waals surface area (Å²) in [5, 5.41) is 0. The van der Waals surface area contributed by atoms with Crippen LogP contribution in [-0.2, 0) is 30.1 Å². The van der Waals surface area contributed by atoms with Crippen LogP contribution in [0.25, 0.3) is 68.8 Å². The van der Waals surface area contributed by atoms with Crippen LogP contribution in [0.4, 0.5) is 28.4 Å². The summed E-state index contributed by atoms with van der Waals surface area (Å²) in [6.45, 7) is 18.7. The maximum atomic E-state index is 4.12. The Kier molecular flexibility index (Phi) is 19.1. The van der Waals surface area contributed by atoms with E-state index in [1.165, 1.54) is 106 Å². The van der Waals surface area contributed by atoms with Crippen LogP contribution in [0.2, 0.25) is 0 Å². The fourth-order valence-corrected chi connectivity index (χ4v) is 18.7. The third-order valence-electron chi connectivity index (χ3n) is 24.5. The number of allylic oxidation sites excluding steroid dienone is 11. The number of rotatable bonds is 22. The third-order valence-corrected chi connectivity index (χ3v) is 24.5. The van der Waals surface area contributed by atoms with E-state index in [1.54, 1.807) is 0 Å². The van der Waals surface area contributed by atoms with E-state index in [-0.39, 0.29) is 28.6 Å². The van der Waals surface area contributed by atoms with Gasteiger partial charge in [0.25, 0.3) is 0 Å². The highest BCUT2D eigenvalue weighted by molar-refractivity contribution is 5.93. The summed E-state index contributed by atoms with van der Waals surface area (Å²) in [7, 11) is 0. The van der Waals surface area contributed by atoms with Gasteiger partial charge in [0, 0.05) is 62.7 Å². The molecule has 0 heterocycles. The number of anilines is 5. The van der Waals surface area contributed by atoms with Crippen molar-refractivity contribution < 1.29 is 0 Å². The lowest BCUT2D eigenvalue weighted by Crippen LogP contribution is -2.36. The molecule has 0 fully saturated rings. The predicted molar refractivity (Wildman–Crippen MR) is 476 cm³/mol. The molecule has 0 spiro atoms. The van der Waals surface area contributed by atoms with Crippen LogP contribution in [0.3, 0.4) is 0 Å². The van der Waals surface area contributed by atoms with E-state index in [2.05, 4.69) is 413 Å². The molecule has 5 unspecified atom stereocenters. The van der Waals surface area contributed by atoms with Gasteiger partial charge in [0.05, 0.1) is 0 Å². The molecule has 13 aromatic rings. The largest absolute Gasteiger partial charge is 0.311 e. The minimum absolute atomic E-state index is 0.168. The molecule has 0 radical (unpaired) electrons. The normalized spacial score (nSPS) is 18.1. The molecule has 2 nitrogen and oxygen atoms in total. The lowest BCUT2D eigenvalue weighted by atomic mass is 9.63. The molecule has 5 aliphatic rings. The van der Waals surface area contributed by atoms with Gasteiger partial charge in [-0.1, -0.05) is 355 Å². The number of hydrogen-bond acceptors (Lipinski definition) is 2. The smallest absolute Gasteiger partial charge is 0.0462 e. The number of fused-ring (bicyclic) bond motifs is 6. The molecule has 0 saturated carbocycles. The average Bonchev–Trinajstić information content (AvgIpc) is 1.56. The van der Waals surface area contributed by atoms with E-state index < -0.39 is 0 Å². The van der Waals surface area contributed by atoms with E-state index in [1.807, 2.05) is 24.3 Å². The Bertz CT molecular complexity index is 5820. The number of benzene rings is 13. The molecule has 540 valence electrons. The third kappa shape index (κ3) is 13.4. The van der Waals surface area contributed by atoms with Gasteiger partial charge in [-0.05, 0) is 239 Å². The Morgan fingerprint density at radius 2 is 0.821 bits per heavy atom. The average molecular weight is 1440 g/mol. The van der Waals surface area contributed by atoms with Crippen LogP contribution in [0, 0.1) is 11.8 Å². The first-order chi connectivity index (χ1) is 55.1. The minimum atomic E-state index is -0.322. The van der Waals surface area contributed by atoms with Crippen LogP contribution in [0.15, 0.2) is 408 Å². The van der Waals surface area contributed by atoms with Gasteiger partial charge >= 0.3 is 0 Å². The van der Waals surface area contributed by atoms with E-state index in [9.17, 15) is 0 Å². The summed E-state index contributed by atoms with van der Waals surface area (Å²) in [5.74, 6) is 1.03. The minimum Gasteiger partial charge on any atom is -0.311 e. The summed E-state index contributed by atoms with van der Waals surface area (Å²) in [6.07, 6.45) is 32.0. The van der Waals surface area contributed by atoms with Gasteiger partial charge in [0.2, 0.25) is 0 Å². The highest BCUT2D eigenvalue weighted by atomic mass is 15.2. The van der Waals surface area contributed by atoms with Crippen LogP contribution in [-0.4, -0.2) is 0 Å². The second-order valence-corrected chi connectivity index (χ2v) is 31.1. The van der Waals surface area contributed by atoms with E-state index >= 15 is 0 Å². The van der Waals surface area contributed by atoms with Crippen molar-refractivity contribution in [3.63, 3.8) is 0 Å². The van der Waals surface area contributed by atoms with Crippen LogP contribution < -0.4 is 9.80 Å². The molecule has 0 bridgehead atoms. The zero-order valence-electron chi connectivity index (χ0n) is 63.6. The Morgan fingerprint density at radius 3 is 1.33 bits per heavy atom. The first-order valence-electron chi connectivity index (χ1n) is 39.7. The summed E-state index contributed by atoms with van der Waals surface area (Å²) in [6, 6.07) is 120. The van der Waals surface area contributed by atoms with Crippen molar-refractivity contribution in [2.75, 3.05) is 9.80 Å². The van der Waals surface area contributed by atoms with Gasteiger partial charge in [0.1, 0.15) is 0 Å². The molecule has 18 rings (SSSR count). The fourth-order valence-electron chi connectivity index (χ4n) is 18.7. The number of nitrogens with zero attached hydrogens (tertiary/aromatic N) is 2. The van der Waals surface area contributed by atoms with Crippen molar-refractivity contribution in [1.29, 1.82) is 0 Å². The monoisotopic (exact) mass is 1440 g/mol. The molecule has 5 atom stereocenters. The molecular weight excluding hydrogens is 1350 g/mol. The second-order valence-electron chi connectivity index (χ2n) is 31.1. The van der Waals surface area contributed by atoms with Crippen LogP contribution >= 0.6 is 0 Å². The molecule has 0 aliphatic heterocycles. The van der Waals surface area contributed by atoms with Gasteiger partial charge < -0.3 is 9.80 Å². The zero-order chi connectivity index (χ0) is 75.7. The van der Waals surface area contributed by atoms with Crippen molar-refractivity contribution in [2.24, 2.45) is 11.8 Å². The molecule has 13 aromatic carbocycles. The fraction of sp³-hybridized carbons (Fsp3) is 0.109. The second kappa shape index (κ2) is 30.4. The molecule has 0 saturated heterocycles. The Morgan fingerprint density at radius 1 is 0.375 bits per heavy atom. The Hall–Kier alpha value is -13.1. The van der Waals surface area contributed by atoms with Gasteiger partial charge in [-0.25, -0.2) is 0 Å². The Labute approximate surface area is 661 Å². The molecule has 5 aliphatic carbocycles. The van der Waals surface area contributed by atoms with Gasteiger partial charge in [-0.3, -0.25) is 0 Å². The standard InChI is InChI=1S/C110H90N2/c1-6-77-25-31-81(32-26-77)73-109(74-82-33-27-78(7-2)28-34-82)105-69-24-76(5)70-104(105)103-68-52-92(71-107(103)109)90-47-63-99(64-48-90)111(95-55-39-86(40-56-95)84-18-12-10-13-19-84)97-59-43-88(44-60-97)89-45-61-98(62-46-89)112(96-57-41-87(42-58-96)85-20-14-11-15-21-85)100-65-49-91(50-66-100)93-51-67-102-101-22-16-17-23-106(101)110(108(102)72-93,94-53-37-80(9-4)38-54-94)75-83-35-29-79(8-3)30-36-83/h6-23,25-45,47-72,76,89,102,108H,1-4,24,46,73-75H2,5H3. The van der Waals surface area contributed by atoms with Crippen LogP contribution in [0.5, 0.6) is 0 Å². The molecule has 0 N–H and O–H groups in total. The van der Waals surface area contributed by atoms with E-state index in [0.29, 0.717) is 5.92 Å². The molecule has 0 amide bonds.